The zero-order valence-electron chi connectivity index (χ0n) is 8.01. The van der Waals surface area contributed by atoms with Gasteiger partial charge < -0.3 is 9.52 Å². The molecule has 1 N–H and O–H groups in total. The van der Waals surface area contributed by atoms with Gasteiger partial charge in [-0.2, -0.15) is 0 Å². The van der Waals surface area contributed by atoms with Gasteiger partial charge in [-0.15, -0.1) is 0 Å². The van der Waals surface area contributed by atoms with Crippen molar-refractivity contribution in [1.82, 2.24) is 0 Å². The highest BCUT2D eigenvalue weighted by Crippen LogP contribution is 2.32. The molecule has 0 fully saturated rings. The van der Waals surface area contributed by atoms with Gasteiger partial charge in [-0.3, -0.25) is 0 Å². The molecular weight excluding hydrogens is 231 g/mol. The van der Waals surface area contributed by atoms with Crippen LogP contribution in [0.25, 0.3) is 0 Å². The van der Waals surface area contributed by atoms with E-state index in [-0.39, 0.29) is 10.7 Å². The van der Waals surface area contributed by atoms with Crippen molar-refractivity contribution in [1.29, 1.82) is 0 Å². The van der Waals surface area contributed by atoms with Crippen LogP contribution in [0.3, 0.4) is 0 Å². The van der Waals surface area contributed by atoms with E-state index in [0.29, 0.717) is 4.90 Å². The van der Waals surface area contributed by atoms with Crippen LogP contribution in [0.4, 0.5) is 4.39 Å². The fraction of sp³-hybridized carbons (Fsp3) is 0. The zero-order chi connectivity index (χ0) is 11.5. The minimum atomic E-state index is -1.09. The predicted molar refractivity (Wildman–Crippen MR) is 56.2 cm³/mol. The van der Waals surface area contributed by atoms with Crippen molar-refractivity contribution in [2.24, 2.45) is 0 Å². The van der Waals surface area contributed by atoms with E-state index in [9.17, 15) is 9.18 Å². The molecule has 2 rings (SSSR count). The first-order valence-corrected chi connectivity index (χ1v) is 5.23. The van der Waals surface area contributed by atoms with E-state index in [1.54, 1.807) is 18.2 Å². The van der Waals surface area contributed by atoms with Crippen LogP contribution >= 0.6 is 11.8 Å². The van der Waals surface area contributed by atoms with Crippen LogP contribution in [0, 0.1) is 5.82 Å². The summed E-state index contributed by atoms with van der Waals surface area (Å²) in [5.74, 6) is -1.49. The maximum absolute atomic E-state index is 13.3. The molecule has 0 atom stereocenters. The second kappa shape index (κ2) is 4.40. The molecule has 0 bridgehead atoms. The van der Waals surface area contributed by atoms with Crippen LogP contribution in [0.1, 0.15) is 10.4 Å². The van der Waals surface area contributed by atoms with E-state index in [2.05, 4.69) is 0 Å². The van der Waals surface area contributed by atoms with Crippen LogP contribution in [-0.2, 0) is 0 Å². The van der Waals surface area contributed by atoms with Crippen LogP contribution in [0.2, 0.25) is 0 Å². The molecule has 0 saturated carbocycles. The lowest BCUT2D eigenvalue weighted by Crippen LogP contribution is -1.95. The number of carbonyl (C=O) groups is 1. The number of carboxylic acid groups (broad SMARTS) is 1. The van der Waals surface area contributed by atoms with Crippen molar-refractivity contribution in [3.63, 3.8) is 0 Å². The number of carboxylic acids is 1. The van der Waals surface area contributed by atoms with Crippen LogP contribution in [-0.4, -0.2) is 11.1 Å². The Morgan fingerprint density at radius 3 is 2.75 bits per heavy atom. The molecule has 16 heavy (non-hydrogen) atoms. The van der Waals surface area contributed by atoms with Gasteiger partial charge in [0.2, 0.25) is 0 Å². The number of aromatic carboxylic acids is 1. The highest BCUT2D eigenvalue weighted by Gasteiger charge is 2.15. The quantitative estimate of drug-likeness (QED) is 0.891. The molecule has 0 saturated heterocycles. The van der Waals surface area contributed by atoms with Gasteiger partial charge in [0.1, 0.15) is 11.4 Å². The predicted octanol–water partition coefficient (Wildman–Crippen LogP) is 3.27. The Morgan fingerprint density at radius 2 is 2.06 bits per heavy atom. The minimum absolute atomic E-state index is 0.0354. The van der Waals surface area contributed by atoms with Gasteiger partial charge in [0.05, 0.1) is 11.2 Å². The van der Waals surface area contributed by atoms with Gasteiger partial charge in [-0.25, -0.2) is 9.18 Å². The van der Waals surface area contributed by atoms with E-state index in [1.165, 1.54) is 18.4 Å². The average Bonchev–Trinajstić information content (AvgIpc) is 2.69. The van der Waals surface area contributed by atoms with Gasteiger partial charge in [0.25, 0.3) is 0 Å². The lowest BCUT2D eigenvalue weighted by Gasteiger charge is -2.00. The highest BCUT2D eigenvalue weighted by molar-refractivity contribution is 7.99. The number of hydrogen-bond acceptors (Lipinski definition) is 3. The second-order valence-corrected chi connectivity index (χ2v) is 3.97. The molecule has 0 radical (unpaired) electrons. The summed E-state index contributed by atoms with van der Waals surface area (Å²) < 4.78 is 18.3. The Balaban J connectivity index is 2.31. The SMILES string of the molecule is O=C(O)c1ccoc1Sc1ccccc1F. The Bertz CT molecular complexity index is 521. The molecule has 0 aliphatic carbocycles. The van der Waals surface area contributed by atoms with E-state index in [1.807, 2.05) is 0 Å². The molecule has 3 nitrogen and oxygen atoms in total. The number of furan rings is 1. The third-order valence-electron chi connectivity index (χ3n) is 1.90. The summed E-state index contributed by atoms with van der Waals surface area (Å²) >= 11 is 0.953. The van der Waals surface area contributed by atoms with E-state index >= 15 is 0 Å². The summed E-state index contributed by atoms with van der Waals surface area (Å²) in [5.41, 5.74) is 0.0354. The Hall–Kier alpha value is -1.75. The smallest absolute Gasteiger partial charge is 0.340 e. The Kier molecular flexibility index (Phi) is 2.96. The molecule has 2 aromatic rings. The van der Waals surface area contributed by atoms with Crippen LogP contribution in [0.15, 0.2) is 51.0 Å². The molecule has 0 aliphatic heterocycles. The van der Waals surface area contributed by atoms with E-state index in [0.717, 1.165) is 11.8 Å². The van der Waals surface area contributed by atoms with Crippen molar-refractivity contribution < 1.29 is 18.7 Å². The summed E-state index contributed by atoms with van der Waals surface area (Å²) in [4.78, 5) is 11.1. The lowest BCUT2D eigenvalue weighted by molar-refractivity contribution is 0.0690. The molecular formula is C11H7FO3S. The molecule has 0 amide bonds. The van der Waals surface area contributed by atoms with E-state index < -0.39 is 11.8 Å². The summed E-state index contributed by atoms with van der Waals surface area (Å²) in [5, 5.41) is 9.01. The first-order chi connectivity index (χ1) is 7.68. The van der Waals surface area contributed by atoms with Gasteiger partial charge in [0.15, 0.2) is 5.09 Å². The largest absolute Gasteiger partial charge is 0.478 e. The molecule has 5 heteroatoms. The van der Waals surface area contributed by atoms with Crippen molar-refractivity contribution in [2.75, 3.05) is 0 Å². The molecule has 82 valence electrons. The number of rotatable bonds is 3. The molecule has 1 heterocycles. The number of hydrogen-bond donors (Lipinski definition) is 1. The first-order valence-electron chi connectivity index (χ1n) is 4.41. The van der Waals surface area contributed by atoms with Gasteiger partial charge in [-0.1, -0.05) is 12.1 Å². The number of halogens is 1. The Morgan fingerprint density at radius 1 is 1.31 bits per heavy atom. The molecule has 1 aromatic heterocycles. The summed E-state index contributed by atoms with van der Waals surface area (Å²) in [6, 6.07) is 7.46. The second-order valence-electron chi connectivity index (χ2n) is 2.96. The van der Waals surface area contributed by atoms with Crippen molar-refractivity contribution in [2.45, 2.75) is 9.99 Å². The lowest BCUT2D eigenvalue weighted by atomic mass is 10.3. The summed E-state index contributed by atoms with van der Waals surface area (Å²) in [7, 11) is 0. The Labute approximate surface area is 94.9 Å². The molecule has 0 aliphatic rings. The van der Waals surface area contributed by atoms with Gasteiger partial charge >= 0.3 is 5.97 Å². The van der Waals surface area contributed by atoms with Gasteiger partial charge in [-0.05, 0) is 30.0 Å². The fourth-order valence-corrected chi connectivity index (χ4v) is 2.04. The zero-order valence-corrected chi connectivity index (χ0v) is 8.83. The summed E-state index contributed by atoms with van der Waals surface area (Å²) in [6.45, 7) is 0. The van der Waals surface area contributed by atoms with Gasteiger partial charge in [0, 0.05) is 0 Å². The summed E-state index contributed by atoms with van der Waals surface area (Å²) in [6.07, 6.45) is 1.27. The van der Waals surface area contributed by atoms with E-state index in [4.69, 9.17) is 9.52 Å². The maximum atomic E-state index is 13.3. The fourth-order valence-electron chi connectivity index (χ4n) is 1.16. The number of benzene rings is 1. The van der Waals surface area contributed by atoms with Crippen LogP contribution < -0.4 is 0 Å². The van der Waals surface area contributed by atoms with Crippen molar-refractivity contribution in [3.05, 3.63) is 48.0 Å². The molecule has 1 aromatic carbocycles. The highest BCUT2D eigenvalue weighted by atomic mass is 32.2. The maximum Gasteiger partial charge on any atom is 0.340 e. The third-order valence-corrected chi connectivity index (χ3v) is 2.95. The normalized spacial score (nSPS) is 10.3. The topological polar surface area (TPSA) is 50.4 Å². The standard InChI is InChI=1S/C11H7FO3S/c12-8-3-1-2-4-9(8)16-11-7(10(13)14)5-6-15-11/h1-6H,(H,13,14). The third kappa shape index (κ3) is 2.09. The first kappa shape index (κ1) is 10.8. The molecule has 0 unspecified atom stereocenters. The average molecular weight is 238 g/mol. The minimum Gasteiger partial charge on any atom is -0.478 e. The van der Waals surface area contributed by atoms with Crippen molar-refractivity contribution >= 4 is 17.7 Å². The van der Waals surface area contributed by atoms with Crippen LogP contribution in [0.5, 0.6) is 0 Å². The van der Waals surface area contributed by atoms with Crippen molar-refractivity contribution in [3.8, 4) is 0 Å². The molecule has 0 spiro atoms. The monoisotopic (exact) mass is 238 g/mol.